The van der Waals surface area contributed by atoms with Crippen molar-refractivity contribution in [2.45, 2.75) is 44.2 Å². The smallest absolute Gasteiger partial charge is 0.463 e. The number of rotatable bonds is 14. The van der Waals surface area contributed by atoms with Crippen LogP contribution >= 0.6 is 0 Å². The predicted molar refractivity (Wildman–Crippen MR) is 176 cm³/mol. The maximum absolute atomic E-state index is 12.9. The Morgan fingerprint density at radius 1 is 0.615 bits per heavy atom. The van der Waals surface area contributed by atoms with Crippen LogP contribution in [-0.2, 0) is 38.0 Å². The van der Waals surface area contributed by atoms with Crippen LogP contribution in [0, 0.1) is 0 Å². The summed E-state index contributed by atoms with van der Waals surface area (Å²) in [6, 6.07) is 17.2. The van der Waals surface area contributed by atoms with Gasteiger partial charge in [-0.05, 0) is 85.6 Å². The van der Waals surface area contributed by atoms with E-state index in [2.05, 4.69) is 6.58 Å². The Bertz CT molecular complexity index is 1770. The van der Waals surface area contributed by atoms with Gasteiger partial charge < -0.3 is 42.6 Å². The molecule has 15 nitrogen and oxygen atoms in total. The van der Waals surface area contributed by atoms with Crippen LogP contribution in [0.4, 0.5) is 4.79 Å². The molecule has 2 heterocycles. The van der Waals surface area contributed by atoms with Crippen molar-refractivity contribution in [2.75, 3.05) is 26.4 Å². The molecule has 0 aliphatic carbocycles. The fourth-order valence-electron chi connectivity index (χ4n) is 5.07. The van der Waals surface area contributed by atoms with E-state index in [9.17, 15) is 28.8 Å². The van der Waals surface area contributed by atoms with Gasteiger partial charge in [0.15, 0.2) is 12.2 Å². The summed E-state index contributed by atoms with van der Waals surface area (Å²) in [5.74, 6) is -2.37. The number of hydrogen-bond acceptors (Lipinski definition) is 15. The molecule has 2 aliphatic heterocycles. The van der Waals surface area contributed by atoms with Gasteiger partial charge in [-0.3, -0.25) is 4.79 Å². The van der Waals surface area contributed by atoms with Crippen LogP contribution in [0.5, 0.6) is 17.2 Å². The second-order valence-electron chi connectivity index (χ2n) is 11.3. The molecule has 0 N–H and O–H groups in total. The summed E-state index contributed by atoms with van der Waals surface area (Å²) < 4.78 is 48.0. The van der Waals surface area contributed by atoms with E-state index < -0.39 is 60.4 Å². The summed E-state index contributed by atoms with van der Waals surface area (Å²) in [5, 5.41) is 0. The highest BCUT2D eigenvalue weighted by Crippen LogP contribution is 2.32. The normalized spacial score (nSPS) is 18.6. The maximum atomic E-state index is 12.9. The molecule has 2 unspecified atom stereocenters. The van der Waals surface area contributed by atoms with Crippen LogP contribution < -0.4 is 14.2 Å². The summed E-state index contributed by atoms with van der Waals surface area (Å²) in [7, 11) is 0. The van der Waals surface area contributed by atoms with Crippen molar-refractivity contribution in [2.24, 2.45) is 0 Å². The molecule has 0 spiro atoms. The number of fused-ring (bicyclic) bond motifs is 1. The highest BCUT2D eigenvalue weighted by Gasteiger charge is 2.51. The van der Waals surface area contributed by atoms with E-state index in [1.165, 1.54) is 79.7 Å². The monoisotopic (exact) mass is 718 g/mol. The fraction of sp³-hybridized carbons (Fsp3) is 0.297. The van der Waals surface area contributed by atoms with Crippen molar-refractivity contribution < 1.29 is 71.4 Å². The molecule has 15 heteroatoms. The maximum Gasteiger partial charge on any atom is 0.513 e. The molecule has 3 aromatic rings. The molecule has 272 valence electrons. The van der Waals surface area contributed by atoms with Gasteiger partial charge in [-0.1, -0.05) is 6.58 Å². The Kier molecular flexibility index (Phi) is 12.7. The van der Waals surface area contributed by atoms with E-state index in [0.717, 1.165) is 6.08 Å². The van der Waals surface area contributed by atoms with Gasteiger partial charge in [0, 0.05) is 13.0 Å². The van der Waals surface area contributed by atoms with Crippen molar-refractivity contribution in [1.82, 2.24) is 0 Å². The van der Waals surface area contributed by atoms with Gasteiger partial charge in [0.25, 0.3) is 0 Å². The molecule has 2 aliphatic rings. The lowest BCUT2D eigenvalue weighted by Gasteiger charge is -2.17. The summed E-state index contributed by atoms with van der Waals surface area (Å²) in [4.78, 5) is 72.2. The largest absolute Gasteiger partial charge is 0.513 e. The number of benzene rings is 3. The van der Waals surface area contributed by atoms with Crippen LogP contribution in [0.25, 0.3) is 0 Å². The minimum Gasteiger partial charge on any atom is -0.463 e. The topological polar surface area (TPSA) is 185 Å². The molecule has 2 saturated heterocycles. The summed E-state index contributed by atoms with van der Waals surface area (Å²) >= 11 is 0. The molecular formula is C37H34O15. The van der Waals surface area contributed by atoms with Crippen molar-refractivity contribution in [3.63, 3.8) is 0 Å². The first-order valence-corrected chi connectivity index (χ1v) is 16.1. The number of hydrogen-bond donors (Lipinski definition) is 0. The van der Waals surface area contributed by atoms with Crippen molar-refractivity contribution >= 4 is 36.0 Å². The number of ether oxygens (including phenoxy) is 9. The molecule has 0 radical (unpaired) electrons. The highest BCUT2D eigenvalue weighted by atomic mass is 16.7. The standard InChI is InChI=1S/C37H34O15/c1-3-31(39)44-18-4-5-19-45-37(43)50-28-16-10-23(11-17-28)34(40)49-27-14-8-25(9-15-27)36(42)52-30-21-47-32-29(20-46-33(30)32)51-35(41)24-6-12-26(13-7-24)48-22(2)38/h3,6-17,29-30,32-33H,1,4-5,18-21H2,2H3/t29-,30+,32?,33?/m1/s1. The average molecular weight is 719 g/mol. The zero-order valence-electron chi connectivity index (χ0n) is 27.9. The summed E-state index contributed by atoms with van der Waals surface area (Å²) in [6.07, 6.45) is -1.69. The van der Waals surface area contributed by atoms with Gasteiger partial charge in [0.2, 0.25) is 0 Å². The van der Waals surface area contributed by atoms with Gasteiger partial charge in [-0.15, -0.1) is 0 Å². The molecule has 52 heavy (non-hydrogen) atoms. The lowest BCUT2D eigenvalue weighted by molar-refractivity contribution is -0.138. The highest BCUT2D eigenvalue weighted by molar-refractivity contribution is 5.92. The molecular weight excluding hydrogens is 684 g/mol. The van der Waals surface area contributed by atoms with Gasteiger partial charge >= 0.3 is 36.0 Å². The predicted octanol–water partition coefficient (Wildman–Crippen LogP) is 4.40. The number of unbranched alkanes of at least 4 members (excludes halogenated alkanes) is 1. The number of carbonyl (C=O) groups is 6. The van der Waals surface area contributed by atoms with Gasteiger partial charge in [-0.2, -0.15) is 0 Å². The van der Waals surface area contributed by atoms with Crippen LogP contribution in [0.1, 0.15) is 50.8 Å². The first kappa shape index (κ1) is 37.2. The number of esters is 5. The second kappa shape index (κ2) is 17.7. The molecule has 2 fully saturated rings. The molecule has 0 amide bonds. The van der Waals surface area contributed by atoms with Crippen molar-refractivity contribution in [1.29, 1.82) is 0 Å². The average Bonchev–Trinajstić information content (AvgIpc) is 3.72. The first-order valence-electron chi connectivity index (χ1n) is 16.1. The van der Waals surface area contributed by atoms with E-state index in [1.807, 2.05) is 0 Å². The van der Waals surface area contributed by atoms with E-state index in [4.69, 9.17) is 42.6 Å². The van der Waals surface area contributed by atoms with E-state index >= 15 is 0 Å². The minimum atomic E-state index is -0.930. The third-order valence-electron chi connectivity index (χ3n) is 7.59. The zero-order chi connectivity index (χ0) is 37.0. The van der Waals surface area contributed by atoms with E-state index in [-0.39, 0.29) is 54.6 Å². The molecule has 0 bridgehead atoms. The first-order chi connectivity index (χ1) is 25.1. The fourth-order valence-corrected chi connectivity index (χ4v) is 5.07. The Morgan fingerprint density at radius 3 is 1.50 bits per heavy atom. The molecule has 5 rings (SSSR count). The van der Waals surface area contributed by atoms with Gasteiger partial charge in [0.05, 0.1) is 43.1 Å². The third-order valence-corrected chi connectivity index (χ3v) is 7.59. The molecule has 0 aromatic heterocycles. The van der Waals surface area contributed by atoms with Crippen molar-refractivity contribution in [3.05, 3.63) is 102 Å². The molecule has 3 aromatic carbocycles. The van der Waals surface area contributed by atoms with Crippen LogP contribution in [0.3, 0.4) is 0 Å². The van der Waals surface area contributed by atoms with Crippen LogP contribution in [0.15, 0.2) is 85.5 Å². The minimum absolute atomic E-state index is 0.0313. The van der Waals surface area contributed by atoms with Crippen molar-refractivity contribution in [3.8, 4) is 17.2 Å². The quantitative estimate of drug-likeness (QED) is 0.0570. The lowest BCUT2D eigenvalue weighted by atomic mass is 10.1. The number of carbonyl (C=O) groups excluding carboxylic acids is 6. The Hall–Kier alpha value is -6.06. The Balaban J connectivity index is 1.03. The lowest BCUT2D eigenvalue weighted by Crippen LogP contribution is -2.36. The summed E-state index contributed by atoms with van der Waals surface area (Å²) in [6.45, 7) is 4.88. The molecule has 4 atom stereocenters. The Labute approximate surface area is 297 Å². The third kappa shape index (κ3) is 10.2. The second-order valence-corrected chi connectivity index (χ2v) is 11.3. The molecule has 0 saturated carbocycles. The van der Waals surface area contributed by atoms with E-state index in [1.54, 1.807) is 0 Å². The SMILES string of the molecule is C=CC(=O)OCCCCOC(=O)Oc1ccc(C(=O)Oc2ccc(C(=O)O[C@H]3COC4C3OC[C@H]4OC(=O)c3ccc(OC(C)=O)cc3)cc2)cc1. The van der Waals surface area contributed by atoms with E-state index in [0.29, 0.717) is 18.6 Å². The van der Waals surface area contributed by atoms with Gasteiger partial charge in [0.1, 0.15) is 29.5 Å². The van der Waals surface area contributed by atoms with Crippen LogP contribution in [0.2, 0.25) is 0 Å². The Morgan fingerprint density at radius 2 is 1.04 bits per heavy atom. The summed E-state index contributed by atoms with van der Waals surface area (Å²) in [5.41, 5.74) is 0.602. The van der Waals surface area contributed by atoms with Gasteiger partial charge in [-0.25, -0.2) is 24.0 Å². The zero-order valence-corrected chi connectivity index (χ0v) is 27.9. The van der Waals surface area contributed by atoms with Crippen LogP contribution in [-0.4, -0.2) is 86.8 Å².